The van der Waals surface area contributed by atoms with Crippen LogP contribution in [-0.4, -0.2) is 4.98 Å². The maximum Gasteiger partial charge on any atom is 0.129 e. The summed E-state index contributed by atoms with van der Waals surface area (Å²) in [4.78, 5) is 3.95. The third-order valence-corrected chi connectivity index (χ3v) is 2.62. The fourth-order valence-corrected chi connectivity index (χ4v) is 1.65. The van der Waals surface area contributed by atoms with Gasteiger partial charge in [-0.25, -0.2) is 4.98 Å². The van der Waals surface area contributed by atoms with Gasteiger partial charge >= 0.3 is 0 Å². The first-order valence-electron chi connectivity index (χ1n) is 5.13. The number of aromatic nitrogens is 1. The molecule has 0 saturated carbocycles. The fourth-order valence-electron chi connectivity index (χ4n) is 1.47. The molecule has 3 nitrogen and oxygen atoms in total. The molecule has 0 fully saturated rings. The lowest BCUT2D eigenvalue weighted by molar-refractivity contribution is 0.460. The molecule has 0 spiro atoms. The zero-order valence-electron chi connectivity index (χ0n) is 8.98. The quantitative estimate of drug-likeness (QED) is 0.829. The minimum atomic E-state index is 0.214. The molecule has 0 radical (unpaired) electrons. The summed E-state index contributed by atoms with van der Waals surface area (Å²) in [6.07, 6.45) is 3.38. The molecule has 0 saturated heterocycles. The van der Waals surface area contributed by atoms with Crippen LogP contribution in [0.4, 0.5) is 0 Å². The standard InChI is InChI=1S/C12H13ClN2O/c1-9(10-4-5-14-12(13)7-10)15-8-11-3-2-6-16-11/h2-7,9,15H,8H2,1H3. The van der Waals surface area contributed by atoms with Gasteiger partial charge in [0, 0.05) is 12.2 Å². The molecule has 1 unspecified atom stereocenters. The van der Waals surface area contributed by atoms with E-state index in [0.29, 0.717) is 11.7 Å². The number of nitrogens with one attached hydrogen (secondary N) is 1. The van der Waals surface area contributed by atoms with E-state index in [1.54, 1.807) is 12.5 Å². The first-order chi connectivity index (χ1) is 7.75. The smallest absolute Gasteiger partial charge is 0.129 e. The van der Waals surface area contributed by atoms with Gasteiger partial charge in [-0.3, -0.25) is 0 Å². The van der Waals surface area contributed by atoms with Crippen LogP contribution < -0.4 is 5.32 Å². The summed E-state index contributed by atoms with van der Waals surface area (Å²) in [5.41, 5.74) is 1.12. The predicted octanol–water partition coefficient (Wildman–Crippen LogP) is 3.18. The topological polar surface area (TPSA) is 38.1 Å². The van der Waals surface area contributed by atoms with Gasteiger partial charge in [0.05, 0.1) is 12.8 Å². The molecule has 0 aliphatic rings. The Morgan fingerprint density at radius 1 is 1.50 bits per heavy atom. The Labute approximate surface area is 99.5 Å². The van der Waals surface area contributed by atoms with Crippen molar-refractivity contribution in [3.8, 4) is 0 Å². The maximum absolute atomic E-state index is 5.83. The lowest BCUT2D eigenvalue weighted by atomic mass is 10.1. The lowest BCUT2D eigenvalue weighted by Crippen LogP contribution is -2.17. The van der Waals surface area contributed by atoms with Crippen LogP contribution in [-0.2, 0) is 6.54 Å². The molecule has 0 aliphatic heterocycles. The van der Waals surface area contributed by atoms with Crippen molar-refractivity contribution in [2.24, 2.45) is 0 Å². The van der Waals surface area contributed by atoms with Crippen molar-refractivity contribution in [3.05, 3.63) is 53.2 Å². The van der Waals surface area contributed by atoms with E-state index < -0.39 is 0 Å². The maximum atomic E-state index is 5.83. The second kappa shape index (κ2) is 5.14. The van der Waals surface area contributed by atoms with E-state index in [9.17, 15) is 0 Å². The molecular weight excluding hydrogens is 224 g/mol. The second-order valence-electron chi connectivity index (χ2n) is 3.59. The monoisotopic (exact) mass is 236 g/mol. The Kier molecular flexibility index (Phi) is 3.59. The molecule has 2 aromatic heterocycles. The third-order valence-electron chi connectivity index (χ3n) is 2.41. The fraction of sp³-hybridized carbons (Fsp3) is 0.250. The van der Waals surface area contributed by atoms with Gasteiger partial charge in [0.2, 0.25) is 0 Å². The highest BCUT2D eigenvalue weighted by atomic mass is 35.5. The molecule has 1 N–H and O–H groups in total. The highest BCUT2D eigenvalue weighted by molar-refractivity contribution is 6.29. The van der Waals surface area contributed by atoms with Crippen LogP contribution in [0.1, 0.15) is 24.3 Å². The predicted molar refractivity (Wildman–Crippen MR) is 63.2 cm³/mol. The molecular formula is C12H13ClN2O. The number of pyridine rings is 1. The van der Waals surface area contributed by atoms with Crippen LogP contribution in [0.15, 0.2) is 41.1 Å². The summed E-state index contributed by atoms with van der Waals surface area (Å²) >= 11 is 5.83. The number of hydrogen-bond acceptors (Lipinski definition) is 3. The molecule has 2 heterocycles. The molecule has 2 rings (SSSR count). The second-order valence-corrected chi connectivity index (χ2v) is 3.98. The first kappa shape index (κ1) is 11.2. The normalized spacial score (nSPS) is 12.6. The van der Waals surface area contributed by atoms with Crippen LogP contribution in [0.3, 0.4) is 0 Å². The Balaban J connectivity index is 1.95. The summed E-state index contributed by atoms with van der Waals surface area (Å²) in [6, 6.07) is 7.85. The van der Waals surface area contributed by atoms with Gasteiger partial charge in [-0.1, -0.05) is 11.6 Å². The molecule has 84 valence electrons. The summed E-state index contributed by atoms with van der Waals surface area (Å²) in [7, 11) is 0. The van der Waals surface area contributed by atoms with Gasteiger partial charge in [-0.2, -0.15) is 0 Å². The van der Waals surface area contributed by atoms with E-state index in [1.807, 2.05) is 24.3 Å². The van der Waals surface area contributed by atoms with Crippen LogP contribution in [0.2, 0.25) is 5.15 Å². The number of halogens is 1. The summed E-state index contributed by atoms with van der Waals surface area (Å²) < 4.78 is 5.24. The van der Waals surface area contributed by atoms with Crippen LogP contribution in [0.25, 0.3) is 0 Å². The highest BCUT2D eigenvalue weighted by Gasteiger charge is 2.06. The van der Waals surface area contributed by atoms with E-state index >= 15 is 0 Å². The molecule has 0 aromatic carbocycles. The van der Waals surface area contributed by atoms with Crippen molar-refractivity contribution < 1.29 is 4.42 Å². The Hall–Kier alpha value is -1.32. The van der Waals surface area contributed by atoms with Crippen molar-refractivity contribution in [3.63, 3.8) is 0 Å². The number of furan rings is 1. The average Bonchev–Trinajstić information content (AvgIpc) is 2.78. The van der Waals surface area contributed by atoms with Crippen molar-refractivity contribution in [2.45, 2.75) is 19.5 Å². The van der Waals surface area contributed by atoms with Crippen LogP contribution in [0.5, 0.6) is 0 Å². The Bertz CT molecular complexity index is 442. The largest absolute Gasteiger partial charge is 0.468 e. The molecule has 0 aliphatic carbocycles. The van der Waals surface area contributed by atoms with E-state index in [2.05, 4.69) is 17.2 Å². The van der Waals surface area contributed by atoms with Gasteiger partial charge in [0.15, 0.2) is 0 Å². The van der Waals surface area contributed by atoms with Crippen molar-refractivity contribution in [2.75, 3.05) is 0 Å². The van der Waals surface area contributed by atoms with Gasteiger partial charge < -0.3 is 9.73 Å². The summed E-state index contributed by atoms with van der Waals surface area (Å²) in [6.45, 7) is 2.78. The minimum Gasteiger partial charge on any atom is -0.468 e. The molecule has 2 aromatic rings. The Morgan fingerprint density at radius 3 is 3.06 bits per heavy atom. The van der Waals surface area contributed by atoms with Gasteiger partial charge in [0.1, 0.15) is 10.9 Å². The minimum absolute atomic E-state index is 0.214. The van der Waals surface area contributed by atoms with E-state index in [0.717, 1.165) is 11.3 Å². The zero-order chi connectivity index (χ0) is 11.4. The molecule has 1 atom stereocenters. The molecule has 0 amide bonds. The van der Waals surface area contributed by atoms with Gasteiger partial charge in [-0.15, -0.1) is 0 Å². The van der Waals surface area contributed by atoms with Gasteiger partial charge in [-0.05, 0) is 36.8 Å². The van der Waals surface area contributed by atoms with E-state index in [4.69, 9.17) is 16.0 Å². The van der Waals surface area contributed by atoms with E-state index in [-0.39, 0.29) is 6.04 Å². The Morgan fingerprint density at radius 2 is 2.38 bits per heavy atom. The van der Waals surface area contributed by atoms with Crippen LogP contribution >= 0.6 is 11.6 Å². The number of rotatable bonds is 4. The molecule has 16 heavy (non-hydrogen) atoms. The number of nitrogens with zero attached hydrogens (tertiary/aromatic N) is 1. The van der Waals surface area contributed by atoms with Crippen molar-refractivity contribution in [1.82, 2.24) is 10.3 Å². The van der Waals surface area contributed by atoms with Crippen LogP contribution in [0, 0.1) is 0 Å². The first-order valence-corrected chi connectivity index (χ1v) is 5.51. The SMILES string of the molecule is CC(NCc1ccco1)c1ccnc(Cl)c1. The average molecular weight is 237 g/mol. The summed E-state index contributed by atoms with van der Waals surface area (Å²) in [5.74, 6) is 0.923. The summed E-state index contributed by atoms with van der Waals surface area (Å²) in [5, 5.41) is 3.87. The lowest BCUT2D eigenvalue weighted by Gasteiger charge is -2.13. The van der Waals surface area contributed by atoms with Crippen molar-refractivity contribution >= 4 is 11.6 Å². The van der Waals surface area contributed by atoms with E-state index in [1.165, 1.54) is 0 Å². The third kappa shape index (κ3) is 2.84. The zero-order valence-corrected chi connectivity index (χ0v) is 9.74. The molecule has 0 bridgehead atoms. The van der Waals surface area contributed by atoms with Gasteiger partial charge in [0.25, 0.3) is 0 Å². The number of hydrogen-bond donors (Lipinski definition) is 1. The molecule has 4 heteroatoms. The highest BCUT2D eigenvalue weighted by Crippen LogP contribution is 2.15. The van der Waals surface area contributed by atoms with Crippen molar-refractivity contribution in [1.29, 1.82) is 0 Å².